The SMILES string of the molecule is Cc1nc(C)c(C(=O)N2CCOC(COc3cccnc3Cl)C2)s1. The van der Waals surface area contributed by atoms with Crippen LogP contribution in [0.3, 0.4) is 0 Å². The molecule has 6 nitrogen and oxygen atoms in total. The second-order valence-corrected chi connectivity index (χ2v) is 7.06. The maximum atomic E-state index is 12.7. The van der Waals surface area contributed by atoms with Gasteiger partial charge in [-0.1, -0.05) is 11.6 Å². The van der Waals surface area contributed by atoms with Crippen LogP contribution in [0, 0.1) is 13.8 Å². The molecule has 1 amide bonds. The van der Waals surface area contributed by atoms with E-state index in [9.17, 15) is 4.79 Å². The molecule has 0 aliphatic carbocycles. The maximum absolute atomic E-state index is 12.7. The molecule has 0 N–H and O–H groups in total. The van der Waals surface area contributed by atoms with Crippen LogP contribution in [-0.2, 0) is 4.74 Å². The summed E-state index contributed by atoms with van der Waals surface area (Å²) in [5.74, 6) is 0.519. The molecule has 2 aromatic rings. The van der Waals surface area contributed by atoms with Crippen LogP contribution in [0.15, 0.2) is 18.3 Å². The fourth-order valence-electron chi connectivity index (χ4n) is 2.54. The molecule has 0 aromatic carbocycles. The van der Waals surface area contributed by atoms with E-state index in [2.05, 4.69) is 9.97 Å². The number of hydrogen-bond donors (Lipinski definition) is 0. The largest absolute Gasteiger partial charge is 0.488 e. The zero-order valence-electron chi connectivity index (χ0n) is 13.5. The van der Waals surface area contributed by atoms with Gasteiger partial charge in [-0.25, -0.2) is 9.97 Å². The van der Waals surface area contributed by atoms with Crippen LogP contribution in [-0.4, -0.2) is 53.2 Å². The molecule has 1 unspecified atom stereocenters. The van der Waals surface area contributed by atoms with Gasteiger partial charge in [0, 0.05) is 12.7 Å². The van der Waals surface area contributed by atoms with Crippen molar-refractivity contribution in [2.24, 2.45) is 0 Å². The van der Waals surface area contributed by atoms with Gasteiger partial charge in [0.2, 0.25) is 0 Å². The van der Waals surface area contributed by atoms with Crippen LogP contribution in [0.4, 0.5) is 0 Å². The number of morpholine rings is 1. The first-order chi connectivity index (χ1) is 11.5. The molecule has 1 aliphatic rings. The number of amides is 1. The maximum Gasteiger partial charge on any atom is 0.266 e. The number of carbonyl (C=O) groups is 1. The molecular formula is C16H18ClN3O3S. The Kier molecular flexibility index (Phi) is 5.33. The first-order valence-corrected chi connectivity index (χ1v) is 8.82. The molecule has 2 aromatic heterocycles. The molecule has 3 heterocycles. The molecule has 1 aliphatic heterocycles. The number of aromatic nitrogens is 2. The Morgan fingerprint density at radius 3 is 3.08 bits per heavy atom. The highest BCUT2D eigenvalue weighted by Gasteiger charge is 2.27. The molecule has 0 saturated carbocycles. The number of nitrogens with zero attached hydrogens (tertiary/aromatic N) is 3. The molecule has 1 saturated heterocycles. The third-order valence-electron chi connectivity index (χ3n) is 3.67. The van der Waals surface area contributed by atoms with E-state index in [1.807, 2.05) is 13.8 Å². The zero-order chi connectivity index (χ0) is 17.1. The van der Waals surface area contributed by atoms with Crippen LogP contribution in [0.5, 0.6) is 5.75 Å². The minimum atomic E-state index is -0.201. The average Bonchev–Trinajstić information content (AvgIpc) is 2.92. The predicted octanol–water partition coefficient (Wildman–Crippen LogP) is 2.73. The van der Waals surface area contributed by atoms with Crippen LogP contribution in [0.1, 0.15) is 20.4 Å². The van der Waals surface area contributed by atoms with Crippen LogP contribution in [0.25, 0.3) is 0 Å². The lowest BCUT2D eigenvalue weighted by Gasteiger charge is -2.32. The van der Waals surface area contributed by atoms with E-state index in [0.29, 0.717) is 42.1 Å². The fraction of sp³-hybridized carbons (Fsp3) is 0.438. The molecule has 1 fully saturated rings. The summed E-state index contributed by atoms with van der Waals surface area (Å²) in [4.78, 5) is 23.5. The topological polar surface area (TPSA) is 64.6 Å². The van der Waals surface area contributed by atoms with Gasteiger partial charge >= 0.3 is 0 Å². The Hall–Kier alpha value is -1.70. The predicted molar refractivity (Wildman–Crippen MR) is 92.0 cm³/mol. The minimum Gasteiger partial charge on any atom is -0.488 e. The Bertz CT molecular complexity index is 737. The van der Waals surface area contributed by atoms with Gasteiger partial charge < -0.3 is 14.4 Å². The van der Waals surface area contributed by atoms with Gasteiger partial charge in [0.1, 0.15) is 17.6 Å². The highest BCUT2D eigenvalue weighted by atomic mass is 35.5. The van der Waals surface area contributed by atoms with Crippen molar-refractivity contribution in [2.45, 2.75) is 20.0 Å². The molecule has 0 spiro atoms. The fourth-order valence-corrected chi connectivity index (χ4v) is 3.60. The van der Waals surface area contributed by atoms with E-state index < -0.39 is 0 Å². The van der Waals surface area contributed by atoms with Gasteiger partial charge in [-0.2, -0.15) is 0 Å². The van der Waals surface area contributed by atoms with E-state index in [1.54, 1.807) is 23.2 Å². The second kappa shape index (κ2) is 7.46. The summed E-state index contributed by atoms with van der Waals surface area (Å²) in [6.07, 6.45) is 1.40. The summed E-state index contributed by atoms with van der Waals surface area (Å²) >= 11 is 7.40. The second-order valence-electron chi connectivity index (χ2n) is 5.49. The summed E-state index contributed by atoms with van der Waals surface area (Å²) in [7, 11) is 0. The number of rotatable bonds is 4. The van der Waals surface area contributed by atoms with Crippen molar-refractivity contribution in [1.29, 1.82) is 0 Å². The third-order valence-corrected chi connectivity index (χ3v) is 5.02. The summed E-state index contributed by atoms with van der Waals surface area (Å²) in [6, 6.07) is 3.51. The van der Waals surface area contributed by atoms with E-state index in [1.165, 1.54) is 11.3 Å². The third kappa shape index (κ3) is 3.85. The number of aryl methyl sites for hydroxylation is 2. The van der Waals surface area contributed by atoms with E-state index >= 15 is 0 Å². The van der Waals surface area contributed by atoms with Gasteiger partial charge in [-0.05, 0) is 26.0 Å². The van der Waals surface area contributed by atoms with Gasteiger partial charge in [-0.3, -0.25) is 4.79 Å². The Labute approximate surface area is 149 Å². The quantitative estimate of drug-likeness (QED) is 0.777. The average molecular weight is 368 g/mol. The summed E-state index contributed by atoms with van der Waals surface area (Å²) < 4.78 is 11.4. The van der Waals surface area contributed by atoms with Crippen molar-refractivity contribution >= 4 is 28.8 Å². The van der Waals surface area contributed by atoms with E-state index in [-0.39, 0.29) is 12.0 Å². The number of carbonyl (C=O) groups excluding carboxylic acids is 1. The monoisotopic (exact) mass is 367 g/mol. The Morgan fingerprint density at radius 1 is 1.54 bits per heavy atom. The lowest BCUT2D eigenvalue weighted by Crippen LogP contribution is -2.47. The van der Waals surface area contributed by atoms with Crippen LogP contribution < -0.4 is 4.74 Å². The molecule has 3 rings (SSSR count). The van der Waals surface area contributed by atoms with Crippen molar-refractivity contribution in [3.8, 4) is 5.75 Å². The van der Waals surface area contributed by atoms with Gasteiger partial charge in [0.05, 0.1) is 23.9 Å². The number of halogens is 1. The molecular weight excluding hydrogens is 350 g/mol. The standard InChI is InChI=1S/C16H18ClN3O3S/c1-10-14(24-11(2)19-10)16(21)20-6-7-22-12(8-20)9-23-13-4-3-5-18-15(13)17/h3-5,12H,6-9H2,1-2H3. The van der Waals surface area contributed by atoms with Crippen molar-refractivity contribution in [1.82, 2.24) is 14.9 Å². The first-order valence-electron chi connectivity index (χ1n) is 7.63. The number of thiazole rings is 1. The summed E-state index contributed by atoms with van der Waals surface area (Å²) in [5.41, 5.74) is 0.781. The van der Waals surface area contributed by atoms with Crippen LogP contribution in [0.2, 0.25) is 5.15 Å². The molecule has 8 heteroatoms. The molecule has 128 valence electrons. The Balaban J connectivity index is 1.61. The van der Waals surface area contributed by atoms with Crippen LogP contribution >= 0.6 is 22.9 Å². The first kappa shape index (κ1) is 17.1. The lowest BCUT2D eigenvalue weighted by atomic mass is 10.2. The summed E-state index contributed by atoms with van der Waals surface area (Å²) in [5, 5.41) is 1.22. The van der Waals surface area contributed by atoms with Gasteiger partial charge in [0.15, 0.2) is 10.9 Å². The summed E-state index contributed by atoms with van der Waals surface area (Å²) in [6.45, 7) is 5.62. The van der Waals surface area contributed by atoms with Gasteiger partial charge in [0.25, 0.3) is 5.91 Å². The van der Waals surface area contributed by atoms with Crippen molar-refractivity contribution < 1.29 is 14.3 Å². The zero-order valence-corrected chi connectivity index (χ0v) is 15.1. The molecule has 1 atom stereocenters. The van der Waals surface area contributed by atoms with Crippen molar-refractivity contribution in [2.75, 3.05) is 26.3 Å². The highest BCUT2D eigenvalue weighted by Crippen LogP contribution is 2.23. The lowest BCUT2D eigenvalue weighted by molar-refractivity contribution is -0.0400. The van der Waals surface area contributed by atoms with E-state index in [0.717, 1.165) is 10.7 Å². The van der Waals surface area contributed by atoms with Gasteiger partial charge in [-0.15, -0.1) is 11.3 Å². The number of pyridine rings is 1. The number of ether oxygens (including phenoxy) is 2. The van der Waals surface area contributed by atoms with Crippen molar-refractivity contribution in [3.63, 3.8) is 0 Å². The Morgan fingerprint density at radius 2 is 2.38 bits per heavy atom. The smallest absolute Gasteiger partial charge is 0.266 e. The normalized spacial score (nSPS) is 17.8. The van der Waals surface area contributed by atoms with Crippen molar-refractivity contribution in [3.05, 3.63) is 39.1 Å². The molecule has 0 bridgehead atoms. The highest BCUT2D eigenvalue weighted by molar-refractivity contribution is 7.13. The minimum absolute atomic E-state index is 0.00538. The number of hydrogen-bond acceptors (Lipinski definition) is 6. The molecule has 0 radical (unpaired) electrons. The molecule has 24 heavy (non-hydrogen) atoms. The van der Waals surface area contributed by atoms with E-state index in [4.69, 9.17) is 21.1 Å².